The monoisotopic (exact) mass is 212 g/mol. The number of thiophene rings is 1. The Hall–Kier alpha value is -1.20. The zero-order valence-electron chi connectivity index (χ0n) is 7.90. The van der Waals surface area contributed by atoms with E-state index in [1.807, 2.05) is 6.92 Å². The van der Waals surface area contributed by atoms with Crippen molar-refractivity contribution >= 4 is 16.3 Å². The van der Waals surface area contributed by atoms with E-state index in [0.717, 1.165) is 21.8 Å². The third-order valence-electron chi connectivity index (χ3n) is 1.73. The summed E-state index contributed by atoms with van der Waals surface area (Å²) in [6.45, 7) is 5.64. The van der Waals surface area contributed by atoms with Crippen LogP contribution in [0.15, 0.2) is 24.3 Å². The fourth-order valence-corrected chi connectivity index (χ4v) is 1.94. The minimum atomic E-state index is -0.401. The van der Waals surface area contributed by atoms with Crippen molar-refractivity contribution < 1.29 is 4.92 Å². The molecule has 4 nitrogen and oxygen atoms in total. The molecule has 0 spiro atoms. The zero-order chi connectivity index (χ0) is 10.7. The lowest BCUT2D eigenvalue weighted by atomic mass is 10.1. The molecule has 0 radical (unpaired) electrons. The molecule has 0 unspecified atom stereocenters. The molecular formula is C9H12N2O2S. The second-order valence-electron chi connectivity index (χ2n) is 3.20. The van der Waals surface area contributed by atoms with Crippen molar-refractivity contribution in [2.24, 2.45) is 5.73 Å². The summed E-state index contributed by atoms with van der Waals surface area (Å²) in [4.78, 5) is 10.8. The fraction of sp³-hybridized carbons (Fsp3) is 0.333. The Morgan fingerprint density at radius 1 is 1.79 bits per heavy atom. The summed E-state index contributed by atoms with van der Waals surface area (Å²) < 4.78 is 0. The number of nitrogens with zero attached hydrogens (tertiary/aromatic N) is 1. The number of rotatable bonds is 4. The molecule has 1 atom stereocenters. The van der Waals surface area contributed by atoms with Crippen LogP contribution in [0.25, 0.3) is 0 Å². The van der Waals surface area contributed by atoms with Crippen LogP contribution < -0.4 is 5.73 Å². The third-order valence-corrected chi connectivity index (χ3v) is 2.90. The lowest BCUT2D eigenvalue weighted by molar-refractivity contribution is -0.380. The second kappa shape index (κ2) is 4.34. The second-order valence-corrected chi connectivity index (χ2v) is 4.29. The molecular weight excluding hydrogens is 200 g/mol. The maximum Gasteiger partial charge on any atom is 0.324 e. The highest BCUT2D eigenvalue weighted by atomic mass is 32.1. The molecule has 2 N–H and O–H groups in total. The van der Waals surface area contributed by atoms with Gasteiger partial charge in [-0.15, -0.1) is 6.58 Å². The van der Waals surface area contributed by atoms with Gasteiger partial charge in [0.1, 0.15) is 0 Å². The number of nitrogens with two attached hydrogens (primary N) is 1. The molecule has 0 aliphatic carbocycles. The molecule has 0 aromatic carbocycles. The Morgan fingerprint density at radius 3 is 2.86 bits per heavy atom. The maximum absolute atomic E-state index is 10.4. The molecule has 0 bridgehead atoms. The summed E-state index contributed by atoms with van der Waals surface area (Å²) >= 11 is 1.13. The lowest BCUT2D eigenvalue weighted by Crippen LogP contribution is -2.08. The van der Waals surface area contributed by atoms with Crippen molar-refractivity contribution in [3.05, 3.63) is 39.3 Å². The van der Waals surface area contributed by atoms with Crippen molar-refractivity contribution in [2.75, 3.05) is 0 Å². The minimum Gasteiger partial charge on any atom is -0.323 e. The van der Waals surface area contributed by atoms with Crippen LogP contribution in [0.5, 0.6) is 0 Å². The van der Waals surface area contributed by atoms with Crippen LogP contribution in [-0.2, 0) is 0 Å². The van der Waals surface area contributed by atoms with Crippen LogP contribution in [0, 0.1) is 10.1 Å². The van der Waals surface area contributed by atoms with Gasteiger partial charge < -0.3 is 5.73 Å². The molecule has 0 saturated heterocycles. The van der Waals surface area contributed by atoms with E-state index in [1.165, 1.54) is 6.07 Å². The molecule has 0 fully saturated rings. The van der Waals surface area contributed by atoms with Gasteiger partial charge >= 0.3 is 5.00 Å². The predicted octanol–water partition coefficient (Wildman–Crippen LogP) is 2.62. The number of hydrogen-bond acceptors (Lipinski definition) is 4. The summed E-state index contributed by atoms with van der Waals surface area (Å²) in [7, 11) is 0. The van der Waals surface area contributed by atoms with E-state index in [2.05, 4.69) is 6.58 Å². The summed E-state index contributed by atoms with van der Waals surface area (Å²) in [5, 5.41) is 10.6. The van der Waals surface area contributed by atoms with E-state index in [4.69, 9.17) is 5.73 Å². The van der Waals surface area contributed by atoms with Gasteiger partial charge in [-0.3, -0.25) is 10.1 Å². The van der Waals surface area contributed by atoms with Gasteiger partial charge in [-0.1, -0.05) is 16.9 Å². The van der Waals surface area contributed by atoms with Crippen LogP contribution in [0.4, 0.5) is 5.00 Å². The minimum absolute atomic E-state index is 0.136. The third kappa shape index (κ3) is 2.65. The van der Waals surface area contributed by atoms with Crippen molar-refractivity contribution in [1.29, 1.82) is 0 Å². The van der Waals surface area contributed by atoms with E-state index < -0.39 is 4.92 Å². The summed E-state index contributed by atoms with van der Waals surface area (Å²) in [6.07, 6.45) is 0.664. The van der Waals surface area contributed by atoms with Gasteiger partial charge in [0.15, 0.2) is 0 Å². The fourth-order valence-electron chi connectivity index (χ4n) is 1.12. The van der Waals surface area contributed by atoms with Crippen LogP contribution in [-0.4, -0.2) is 4.92 Å². The molecule has 1 rings (SSSR count). The Balaban J connectivity index is 2.76. The van der Waals surface area contributed by atoms with Gasteiger partial charge in [-0.2, -0.15) is 0 Å². The highest BCUT2D eigenvalue weighted by Crippen LogP contribution is 2.30. The van der Waals surface area contributed by atoms with Crippen LogP contribution in [0.2, 0.25) is 0 Å². The first-order chi connectivity index (χ1) is 6.50. The highest BCUT2D eigenvalue weighted by Gasteiger charge is 2.14. The van der Waals surface area contributed by atoms with Crippen molar-refractivity contribution in [2.45, 2.75) is 19.4 Å². The smallest absolute Gasteiger partial charge is 0.323 e. The maximum atomic E-state index is 10.4. The zero-order valence-corrected chi connectivity index (χ0v) is 8.71. The Kier molecular flexibility index (Phi) is 3.38. The van der Waals surface area contributed by atoms with Gasteiger partial charge in [0, 0.05) is 17.0 Å². The Labute approximate surface area is 86.2 Å². The standard InChI is InChI=1S/C9H12N2O2S/c1-6(2)5-7(10)8-3-4-9(14-8)11(12)13/h3-4,7H,1,5,10H2,2H3/t7-/m1/s1. The molecule has 0 amide bonds. The first-order valence-corrected chi connectivity index (χ1v) is 4.96. The van der Waals surface area contributed by atoms with Crippen molar-refractivity contribution in [3.63, 3.8) is 0 Å². The first kappa shape index (κ1) is 10.9. The predicted molar refractivity (Wildman–Crippen MR) is 57.3 cm³/mol. The molecule has 1 aromatic heterocycles. The van der Waals surface area contributed by atoms with Crippen molar-refractivity contribution in [1.82, 2.24) is 0 Å². The average Bonchev–Trinajstić information content (AvgIpc) is 2.50. The van der Waals surface area contributed by atoms with Crippen molar-refractivity contribution in [3.8, 4) is 0 Å². The van der Waals surface area contributed by atoms with E-state index in [0.29, 0.717) is 6.42 Å². The van der Waals surface area contributed by atoms with E-state index in [9.17, 15) is 10.1 Å². The van der Waals surface area contributed by atoms with Gasteiger partial charge in [-0.05, 0) is 19.4 Å². The molecule has 1 heterocycles. The Bertz CT molecular complexity index is 359. The first-order valence-electron chi connectivity index (χ1n) is 4.15. The molecule has 0 saturated carbocycles. The van der Waals surface area contributed by atoms with Crippen LogP contribution in [0.1, 0.15) is 24.3 Å². The Morgan fingerprint density at radius 2 is 2.43 bits per heavy atom. The highest BCUT2D eigenvalue weighted by molar-refractivity contribution is 7.15. The van der Waals surface area contributed by atoms with Gasteiger partial charge in [0.25, 0.3) is 0 Å². The summed E-state index contributed by atoms with van der Waals surface area (Å²) in [5.74, 6) is 0. The van der Waals surface area contributed by atoms with Gasteiger partial charge in [0.05, 0.1) is 4.92 Å². The molecule has 5 heteroatoms. The van der Waals surface area contributed by atoms with E-state index in [-0.39, 0.29) is 11.0 Å². The summed E-state index contributed by atoms with van der Waals surface area (Å²) in [6, 6.07) is 3.01. The van der Waals surface area contributed by atoms with Gasteiger partial charge in [-0.25, -0.2) is 0 Å². The number of hydrogen-bond donors (Lipinski definition) is 1. The quantitative estimate of drug-likeness (QED) is 0.474. The van der Waals surface area contributed by atoms with E-state index >= 15 is 0 Å². The average molecular weight is 212 g/mol. The number of nitro groups is 1. The largest absolute Gasteiger partial charge is 0.324 e. The topological polar surface area (TPSA) is 69.2 Å². The lowest BCUT2D eigenvalue weighted by Gasteiger charge is -2.07. The normalized spacial score (nSPS) is 12.4. The molecule has 76 valence electrons. The molecule has 1 aromatic rings. The summed E-state index contributed by atoms with van der Waals surface area (Å²) in [5.41, 5.74) is 6.82. The SMILES string of the molecule is C=C(C)C[C@@H](N)c1ccc([N+](=O)[O-])s1. The molecule has 0 aliphatic rings. The van der Waals surface area contributed by atoms with Gasteiger partial charge in [0.2, 0.25) is 0 Å². The van der Waals surface area contributed by atoms with Crippen LogP contribution in [0.3, 0.4) is 0 Å². The van der Waals surface area contributed by atoms with E-state index in [1.54, 1.807) is 6.07 Å². The molecule has 0 aliphatic heterocycles. The molecule has 14 heavy (non-hydrogen) atoms. The van der Waals surface area contributed by atoms with Crippen LogP contribution >= 0.6 is 11.3 Å².